The molecule has 22 heavy (non-hydrogen) atoms. The SMILES string of the molecule is CC(C)Sc1nnc(NC(=O)C2Cc3ccccc3CN2)s1. The molecule has 116 valence electrons. The third kappa shape index (κ3) is 3.66. The van der Waals surface area contributed by atoms with Gasteiger partial charge in [0, 0.05) is 11.8 Å². The van der Waals surface area contributed by atoms with Crippen molar-refractivity contribution in [1.82, 2.24) is 15.5 Å². The van der Waals surface area contributed by atoms with Crippen LogP contribution in [0.5, 0.6) is 0 Å². The van der Waals surface area contributed by atoms with Crippen LogP contribution in [0.4, 0.5) is 5.13 Å². The van der Waals surface area contributed by atoms with Crippen LogP contribution in [-0.2, 0) is 17.8 Å². The minimum absolute atomic E-state index is 0.0493. The predicted molar refractivity (Wildman–Crippen MR) is 90.3 cm³/mol. The number of hydrogen-bond donors (Lipinski definition) is 2. The van der Waals surface area contributed by atoms with Crippen molar-refractivity contribution in [2.45, 2.75) is 42.4 Å². The van der Waals surface area contributed by atoms with E-state index in [-0.39, 0.29) is 11.9 Å². The van der Waals surface area contributed by atoms with Crippen molar-refractivity contribution in [1.29, 1.82) is 0 Å². The van der Waals surface area contributed by atoms with E-state index in [2.05, 4.69) is 46.8 Å². The summed E-state index contributed by atoms with van der Waals surface area (Å²) in [5, 5.41) is 15.3. The van der Waals surface area contributed by atoms with Crippen LogP contribution in [0.25, 0.3) is 0 Å². The molecule has 0 fully saturated rings. The Morgan fingerprint density at radius 3 is 2.91 bits per heavy atom. The normalized spacial score (nSPS) is 17.3. The van der Waals surface area contributed by atoms with E-state index in [9.17, 15) is 4.79 Å². The maximum absolute atomic E-state index is 12.4. The molecular weight excluding hydrogens is 316 g/mol. The zero-order valence-electron chi connectivity index (χ0n) is 12.5. The highest BCUT2D eigenvalue weighted by atomic mass is 32.2. The molecule has 0 saturated carbocycles. The lowest BCUT2D eigenvalue weighted by Gasteiger charge is -2.24. The van der Waals surface area contributed by atoms with Gasteiger partial charge in [0.2, 0.25) is 11.0 Å². The van der Waals surface area contributed by atoms with E-state index in [1.807, 2.05) is 12.1 Å². The summed E-state index contributed by atoms with van der Waals surface area (Å²) >= 11 is 3.07. The molecule has 3 rings (SSSR count). The van der Waals surface area contributed by atoms with Gasteiger partial charge in [0.15, 0.2) is 4.34 Å². The number of hydrogen-bond acceptors (Lipinski definition) is 6. The number of rotatable bonds is 4. The summed E-state index contributed by atoms with van der Waals surface area (Å²) in [7, 11) is 0. The van der Waals surface area contributed by atoms with E-state index < -0.39 is 0 Å². The van der Waals surface area contributed by atoms with Crippen LogP contribution in [0.15, 0.2) is 28.6 Å². The monoisotopic (exact) mass is 334 g/mol. The fourth-order valence-electron chi connectivity index (χ4n) is 2.34. The molecule has 1 aliphatic rings. The highest BCUT2D eigenvalue weighted by molar-refractivity contribution is 8.01. The quantitative estimate of drug-likeness (QED) is 0.665. The molecule has 1 unspecified atom stereocenters. The Morgan fingerprint density at radius 2 is 2.14 bits per heavy atom. The van der Waals surface area contributed by atoms with Crippen LogP contribution < -0.4 is 10.6 Å². The molecular formula is C15H18N4OS2. The third-order valence-electron chi connectivity index (χ3n) is 3.37. The topological polar surface area (TPSA) is 66.9 Å². The van der Waals surface area contributed by atoms with E-state index in [1.165, 1.54) is 22.5 Å². The van der Waals surface area contributed by atoms with Crippen molar-refractivity contribution in [3.8, 4) is 0 Å². The molecule has 1 aromatic carbocycles. The van der Waals surface area contributed by atoms with Crippen molar-refractivity contribution in [3.63, 3.8) is 0 Å². The van der Waals surface area contributed by atoms with Gasteiger partial charge in [-0.25, -0.2) is 0 Å². The molecule has 2 heterocycles. The van der Waals surface area contributed by atoms with Crippen LogP contribution in [0.2, 0.25) is 0 Å². The zero-order chi connectivity index (χ0) is 15.5. The first-order chi connectivity index (χ1) is 10.6. The average Bonchev–Trinajstić information content (AvgIpc) is 2.93. The lowest BCUT2D eigenvalue weighted by molar-refractivity contribution is -0.118. The second-order valence-corrected chi connectivity index (χ2v) is 8.24. The van der Waals surface area contributed by atoms with Crippen LogP contribution in [0.1, 0.15) is 25.0 Å². The lowest BCUT2D eigenvalue weighted by atomic mass is 9.95. The smallest absolute Gasteiger partial charge is 0.243 e. The highest BCUT2D eigenvalue weighted by Crippen LogP contribution is 2.28. The van der Waals surface area contributed by atoms with Crippen LogP contribution in [0.3, 0.4) is 0 Å². The molecule has 2 N–H and O–H groups in total. The second-order valence-electron chi connectivity index (χ2n) is 5.44. The zero-order valence-corrected chi connectivity index (χ0v) is 14.1. The Labute approximate surface area is 137 Å². The van der Waals surface area contributed by atoms with E-state index in [0.717, 1.165) is 10.9 Å². The van der Waals surface area contributed by atoms with Gasteiger partial charge < -0.3 is 5.32 Å². The first kappa shape index (κ1) is 15.5. The molecule has 2 aromatic rings. The molecule has 5 nitrogen and oxygen atoms in total. The summed E-state index contributed by atoms with van der Waals surface area (Å²) in [6.07, 6.45) is 0.703. The highest BCUT2D eigenvalue weighted by Gasteiger charge is 2.24. The number of aromatic nitrogens is 2. The van der Waals surface area contributed by atoms with E-state index in [1.54, 1.807) is 11.8 Å². The summed E-state index contributed by atoms with van der Waals surface area (Å²) in [5.74, 6) is -0.0493. The van der Waals surface area contributed by atoms with E-state index in [0.29, 0.717) is 16.8 Å². The number of fused-ring (bicyclic) bond motifs is 1. The van der Waals surface area contributed by atoms with Gasteiger partial charge in [-0.15, -0.1) is 10.2 Å². The molecule has 0 radical (unpaired) electrons. The summed E-state index contributed by atoms with van der Waals surface area (Å²) in [6.45, 7) is 4.93. The Hall–Kier alpha value is -1.44. The molecule has 1 aliphatic heterocycles. The van der Waals surface area contributed by atoms with Crippen molar-refractivity contribution >= 4 is 34.1 Å². The number of amides is 1. The maximum atomic E-state index is 12.4. The summed E-state index contributed by atoms with van der Waals surface area (Å²) in [4.78, 5) is 12.4. The van der Waals surface area contributed by atoms with E-state index in [4.69, 9.17) is 0 Å². The van der Waals surface area contributed by atoms with Gasteiger partial charge in [-0.1, -0.05) is 61.2 Å². The summed E-state index contributed by atoms with van der Waals surface area (Å²) in [6, 6.07) is 7.99. The predicted octanol–water partition coefficient (Wildman–Crippen LogP) is 2.69. The van der Waals surface area contributed by atoms with Gasteiger partial charge in [0.05, 0.1) is 6.04 Å². The van der Waals surface area contributed by atoms with Crippen LogP contribution in [0, 0.1) is 0 Å². The van der Waals surface area contributed by atoms with Gasteiger partial charge in [-0.3, -0.25) is 10.1 Å². The number of nitrogens with zero attached hydrogens (tertiary/aromatic N) is 2. The Kier molecular flexibility index (Phi) is 4.75. The Morgan fingerprint density at radius 1 is 1.36 bits per heavy atom. The van der Waals surface area contributed by atoms with Gasteiger partial charge in [-0.05, 0) is 17.5 Å². The van der Waals surface area contributed by atoms with Crippen molar-refractivity contribution in [2.75, 3.05) is 5.32 Å². The largest absolute Gasteiger partial charge is 0.301 e. The van der Waals surface area contributed by atoms with Crippen LogP contribution >= 0.6 is 23.1 Å². The van der Waals surface area contributed by atoms with E-state index >= 15 is 0 Å². The van der Waals surface area contributed by atoms with Crippen molar-refractivity contribution < 1.29 is 4.79 Å². The summed E-state index contributed by atoms with van der Waals surface area (Å²) < 4.78 is 0.882. The fourth-order valence-corrected chi connectivity index (χ4v) is 4.32. The van der Waals surface area contributed by atoms with Crippen molar-refractivity contribution in [3.05, 3.63) is 35.4 Å². The molecule has 1 aromatic heterocycles. The number of benzene rings is 1. The number of carbonyl (C=O) groups excluding carboxylic acids is 1. The van der Waals surface area contributed by atoms with Gasteiger partial charge >= 0.3 is 0 Å². The molecule has 0 spiro atoms. The van der Waals surface area contributed by atoms with Crippen LogP contribution in [-0.4, -0.2) is 27.4 Å². The molecule has 1 atom stereocenters. The average molecular weight is 334 g/mol. The second kappa shape index (κ2) is 6.76. The number of anilines is 1. The molecule has 1 amide bonds. The number of thioether (sulfide) groups is 1. The number of nitrogens with one attached hydrogen (secondary N) is 2. The van der Waals surface area contributed by atoms with Crippen molar-refractivity contribution in [2.24, 2.45) is 0 Å². The Balaban J connectivity index is 1.62. The minimum atomic E-state index is -0.222. The molecule has 0 aliphatic carbocycles. The molecule has 0 bridgehead atoms. The Bertz CT molecular complexity index is 671. The number of carbonyl (C=O) groups is 1. The first-order valence-corrected chi connectivity index (χ1v) is 8.92. The first-order valence-electron chi connectivity index (χ1n) is 7.23. The molecule has 7 heteroatoms. The minimum Gasteiger partial charge on any atom is -0.301 e. The van der Waals surface area contributed by atoms with Gasteiger partial charge in [0.1, 0.15) is 0 Å². The maximum Gasteiger partial charge on any atom is 0.243 e. The fraction of sp³-hybridized carbons (Fsp3) is 0.400. The third-order valence-corrected chi connectivity index (χ3v) is 5.30. The lowest BCUT2D eigenvalue weighted by Crippen LogP contribution is -2.44. The van der Waals surface area contributed by atoms with Gasteiger partial charge in [-0.2, -0.15) is 0 Å². The molecule has 0 saturated heterocycles. The summed E-state index contributed by atoms with van der Waals surface area (Å²) in [5.41, 5.74) is 2.49. The van der Waals surface area contributed by atoms with Gasteiger partial charge in [0.25, 0.3) is 0 Å². The standard InChI is InChI=1S/C15H18N4OS2/c1-9(2)21-15-19-18-14(22-15)17-13(20)12-7-10-5-3-4-6-11(10)8-16-12/h3-6,9,12,16H,7-8H2,1-2H3,(H,17,18,20).